The SMILES string of the molecule is Clc1cccc2c1CNc1nnnn1-2. The predicted molar refractivity (Wildman–Crippen MR) is 51.5 cm³/mol. The van der Waals surface area contributed by atoms with Crippen molar-refractivity contribution in [3.63, 3.8) is 0 Å². The molecule has 0 spiro atoms. The summed E-state index contributed by atoms with van der Waals surface area (Å²) >= 11 is 6.05. The normalized spacial score (nSPS) is 12.9. The Labute approximate surface area is 84.7 Å². The van der Waals surface area contributed by atoms with Crippen molar-refractivity contribution in [1.29, 1.82) is 0 Å². The maximum Gasteiger partial charge on any atom is 0.248 e. The van der Waals surface area contributed by atoms with Crippen LogP contribution in [0.4, 0.5) is 5.95 Å². The van der Waals surface area contributed by atoms with Gasteiger partial charge in [0.05, 0.1) is 5.69 Å². The lowest BCUT2D eigenvalue weighted by Crippen LogP contribution is -2.16. The molecule has 0 amide bonds. The minimum absolute atomic E-state index is 0.653. The van der Waals surface area contributed by atoms with Gasteiger partial charge in [-0.05, 0) is 22.6 Å². The van der Waals surface area contributed by atoms with Gasteiger partial charge in [-0.3, -0.25) is 0 Å². The molecule has 2 heterocycles. The van der Waals surface area contributed by atoms with E-state index in [1.54, 1.807) is 4.68 Å². The average Bonchev–Trinajstić information content (AvgIpc) is 2.66. The lowest BCUT2D eigenvalue weighted by atomic mass is 10.1. The first kappa shape index (κ1) is 7.75. The number of hydrogen-bond donors (Lipinski definition) is 1. The van der Waals surface area contributed by atoms with Gasteiger partial charge in [0.1, 0.15) is 0 Å². The molecule has 0 radical (unpaired) electrons. The summed E-state index contributed by atoms with van der Waals surface area (Å²) in [5, 5.41) is 15.1. The van der Waals surface area contributed by atoms with E-state index in [1.165, 1.54) is 0 Å². The lowest BCUT2D eigenvalue weighted by molar-refractivity contribution is 0.771. The first-order valence-corrected chi connectivity index (χ1v) is 4.54. The van der Waals surface area contributed by atoms with Crippen LogP contribution < -0.4 is 5.32 Å². The van der Waals surface area contributed by atoms with Crippen LogP contribution >= 0.6 is 11.6 Å². The highest BCUT2D eigenvalue weighted by Crippen LogP contribution is 2.28. The summed E-state index contributed by atoms with van der Waals surface area (Å²) in [6.45, 7) is 0.662. The van der Waals surface area contributed by atoms with E-state index in [0.717, 1.165) is 16.3 Å². The van der Waals surface area contributed by atoms with Crippen LogP contribution in [-0.2, 0) is 6.54 Å². The number of hydrogen-bond acceptors (Lipinski definition) is 4. The molecule has 1 aliphatic rings. The Hall–Kier alpha value is -1.62. The Kier molecular flexibility index (Phi) is 1.49. The van der Waals surface area contributed by atoms with Crippen molar-refractivity contribution < 1.29 is 0 Å². The molecule has 0 saturated heterocycles. The standard InChI is InChI=1S/C8H6ClN5/c9-6-2-1-3-7-5(6)4-10-8-11-12-13-14(7)8/h1-3H,4H2,(H,10,11,13). The first-order valence-electron chi connectivity index (χ1n) is 4.16. The molecule has 0 unspecified atom stereocenters. The molecule has 70 valence electrons. The van der Waals surface area contributed by atoms with Gasteiger partial charge in [0, 0.05) is 17.1 Å². The van der Waals surface area contributed by atoms with Crippen molar-refractivity contribution in [3.05, 3.63) is 28.8 Å². The minimum Gasteiger partial charge on any atom is -0.349 e. The third-order valence-corrected chi connectivity index (χ3v) is 2.57. The number of nitrogens with one attached hydrogen (secondary N) is 1. The zero-order chi connectivity index (χ0) is 9.54. The van der Waals surface area contributed by atoms with E-state index in [9.17, 15) is 0 Å². The molecular formula is C8H6ClN5. The Morgan fingerprint density at radius 1 is 1.43 bits per heavy atom. The third kappa shape index (κ3) is 0.927. The second-order valence-electron chi connectivity index (χ2n) is 3.01. The first-order chi connectivity index (χ1) is 6.86. The summed E-state index contributed by atoms with van der Waals surface area (Å²) in [4.78, 5) is 0. The van der Waals surface area contributed by atoms with Gasteiger partial charge in [0.15, 0.2) is 0 Å². The highest BCUT2D eigenvalue weighted by atomic mass is 35.5. The van der Waals surface area contributed by atoms with Crippen molar-refractivity contribution in [2.45, 2.75) is 6.54 Å². The molecule has 3 rings (SSSR count). The van der Waals surface area contributed by atoms with Crippen LogP contribution in [0.15, 0.2) is 18.2 Å². The number of aromatic nitrogens is 4. The summed E-state index contributed by atoms with van der Waals surface area (Å²) in [6.07, 6.45) is 0. The molecule has 0 atom stereocenters. The molecule has 1 aromatic carbocycles. The number of fused-ring (bicyclic) bond motifs is 3. The van der Waals surface area contributed by atoms with Gasteiger partial charge in [-0.1, -0.05) is 22.8 Å². The maximum absolute atomic E-state index is 6.05. The second kappa shape index (κ2) is 2.68. The van der Waals surface area contributed by atoms with Crippen molar-refractivity contribution in [2.24, 2.45) is 0 Å². The summed E-state index contributed by atoms with van der Waals surface area (Å²) in [5.74, 6) is 0.653. The van der Waals surface area contributed by atoms with E-state index in [2.05, 4.69) is 20.8 Å². The minimum atomic E-state index is 0.653. The average molecular weight is 208 g/mol. The Morgan fingerprint density at radius 2 is 2.36 bits per heavy atom. The van der Waals surface area contributed by atoms with Crippen LogP contribution in [0, 0.1) is 0 Å². The highest BCUT2D eigenvalue weighted by Gasteiger charge is 2.18. The van der Waals surface area contributed by atoms with Gasteiger partial charge in [-0.25, -0.2) is 0 Å². The Morgan fingerprint density at radius 3 is 3.29 bits per heavy atom. The Bertz CT molecular complexity index is 492. The molecule has 0 bridgehead atoms. The molecule has 6 heteroatoms. The predicted octanol–water partition coefficient (Wildman–Crippen LogP) is 1.24. The monoisotopic (exact) mass is 207 g/mol. The van der Waals surface area contributed by atoms with Crippen LogP contribution in [0.2, 0.25) is 5.02 Å². The van der Waals surface area contributed by atoms with Crippen molar-refractivity contribution >= 4 is 17.5 Å². The second-order valence-corrected chi connectivity index (χ2v) is 3.41. The number of rotatable bonds is 0. The topological polar surface area (TPSA) is 55.6 Å². The number of tetrazole rings is 1. The van der Waals surface area contributed by atoms with E-state index >= 15 is 0 Å². The van der Waals surface area contributed by atoms with E-state index in [-0.39, 0.29) is 0 Å². The van der Waals surface area contributed by atoms with Crippen LogP contribution in [0.1, 0.15) is 5.56 Å². The van der Waals surface area contributed by atoms with E-state index < -0.39 is 0 Å². The van der Waals surface area contributed by atoms with Gasteiger partial charge in [0.2, 0.25) is 5.95 Å². The van der Waals surface area contributed by atoms with E-state index in [1.807, 2.05) is 18.2 Å². The zero-order valence-electron chi connectivity index (χ0n) is 7.11. The molecule has 14 heavy (non-hydrogen) atoms. The lowest BCUT2D eigenvalue weighted by Gasteiger charge is -2.17. The molecule has 1 aromatic heterocycles. The molecule has 1 aliphatic heterocycles. The highest BCUT2D eigenvalue weighted by molar-refractivity contribution is 6.31. The van der Waals surface area contributed by atoms with Crippen molar-refractivity contribution in [3.8, 4) is 5.69 Å². The Balaban J connectivity index is 2.31. The van der Waals surface area contributed by atoms with Gasteiger partial charge in [-0.2, -0.15) is 4.68 Å². The fraction of sp³-hybridized carbons (Fsp3) is 0.125. The number of benzene rings is 1. The van der Waals surface area contributed by atoms with Crippen LogP contribution in [0.3, 0.4) is 0 Å². The van der Waals surface area contributed by atoms with E-state index in [4.69, 9.17) is 11.6 Å². The summed E-state index contributed by atoms with van der Waals surface area (Å²) in [5.41, 5.74) is 1.96. The molecular weight excluding hydrogens is 202 g/mol. The molecule has 2 aromatic rings. The van der Waals surface area contributed by atoms with Gasteiger partial charge in [0.25, 0.3) is 0 Å². The molecule has 0 saturated carbocycles. The van der Waals surface area contributed by atoms with Crippen molar-refractivity contribution in [1.82, 2.24) is 20.2 Å². The summed E-state index contributed by atoms with van der Waals surface area (Å²) in [6, 6.07) is 5.69. The molecule has 1 N–H and O–H groups in total. The number of anilines is 1. The summed E-state index contributed by atoms with van der Waals surface area (Å²) < 4.78 is 1.64. The summed E-state index contributed by atoms with van der Waals surface area (Å²) in [7, 11) is 0. The molecule has 5 nitrogen and oxygen atoms in total. The fourth-order valence-electron chi connectivity index (χ4n) is 1.55. The van der Waals surface area contributed by atoms with Gasteiger partial charge < -0.3 is 5.32 Å². The van der Waals surface area contributed by atoms with E-state index in [0.29, 0.717) is 12.5 Å². The third-order valence-electron chi connectivity index (χ3n) is 2.22. The molecule has 0 aliphatic carbocycles. The molecule has 0 fully saturated rings. The zero-order valence-corrected chi connectivity index (χ0v) is 7.86. The van der Waals surface area contributed by atoms with Crippen LogP contribution in [-0.4, -0.2) is 20.2 Å². The number of nitrogens with zero attached hydrogens (tertiary/aromatic N) is 4. The van der Waals surface area contributed by atoms with Crippen molar-refractivity contribution in [2.75, 3.05) is 5.32 Å². The van der Waals surface area contributed by atoms with Gasteiger partial charge in [-0.15, -0.1) is 0 Å². The fourth-order valence-corrected chi connectivity index (χ4v) is 1.78. The van der Waals surface area contributed by atoms with Gasteiger partial charge >= 0.3 is 0 Å². The number of halogens is 1. The van der Waals surface area contributed by atoms with Crippen LogP contribution in [0.5, 0.6) is 0 Å². The quantitative estimate of drug-likeness (QED) is 0.706. The largest absolute Gasteiger partial charge is 0.349 e. The smallest absolute Gasteiger partial charge is 0.248 e. The van der Waals surface area contributed by atoms with Crippen LogP contribution in [0.25, 0.3) is 5.69 Å². The maximum atomic E-state index is 6.05.